The number of hydrogen-bond acceptors (Lipinski definition) is 15. The number of rotatable bonds is 15. The van der Waals surface area contributed by atoms with E-state index in [4.69, 9.17) is 53.9 Å². The van der Waals surface area contributed by atoms with Gasteiger partial charge in [0.05, 0.1) is 0 Å². The van der Waals surface area contributed by atoms with Crippen LogP contribution in [0.3, 0.4) is 0 Å². The Kier molecular flexibility index (Phi) is 13.7. The SMILES string of the molecule is CC(=O)OC1C(COC(=O)CCl)OC(Oc2c(-c3ccc(OCc4ccccc4)cc3)oc3cc(COc4ccccc4)cc(O)c3c2=O)C(OC(C)=O)C1OC(C)=O. The summed E-state index contributed by atoms with van der Waals surface area (Å²) in [6.07, 6.45) is -8.06. The average molecular weight is 831 g/mol. The molecule has 16 heteroatoms. The Morgan fingerprint density at radius 2 is 1.29 bits per heavy atom. The van der Waals surface area contributed by atoms with Crippen molar-refractivity contribution in [1.82, 2.24) is 0 Å². The zero-order valence-corrected chi connectivity index (χ0v) is 32.7. The summed E-state index contributed by atoms with van der Waals surface area (Å²) in [5, 5.41) is 11.0. The maximum absolute atomic E-state index is 14.6. The van der Waals surface area contributed by atoms with Gasteiger partial charge in [0.15, 0.2) is 18.0 Å². The van der Waals surface area contributed by atoms with Gasteiger partial charge in [-0.25, -0.2) is 0 Å². The molecule has 0 bridgehead atoms. The summed E-state index contributed by atoms with van der Waals surface area (Å²) in [5.74, 6) is -4.09. The molecule has 0 aliphatic carbocycles. The lowest BCUT2D eigenvalue weighted by Crippen LogP contribution is -2.63. The van der Waals surface area contributed by atoms with Crippen molar-refractivity contribution >= 4 is 46.4 Å². The molecule has 4 aromatic carbocycles. The molecule has 1 fully saturated rings. The fourth-order valence-corrected chi connectivity index (χ4v) is 6.34. The maximum Gasteiger partial charge on any atom is 0.320 e. The largest absolute Gasteiger partial charge is 0.507 e. The number of alkyl halides is 1. The highest BCUT2D eigenvalue weighted by Crippen LogP contribution is 2.38. The number of carbonyl (C=O) groups is 4. The van der Waals surface area contributed by atoms with Crippen molar-refractivity contribution in [2.75, 3.05) is 12.5 Å². The van der Waals surface area contributed by atoms with Crippen LogP contribution in [0.5, 0.6) is 23.0 Å². The number of benzene rings is 4. The predicted molar refractivity (Wildman–Crippen MR) is 209 cm³/mol. The first-order valence-electron chi connectivity index (χ1n) is 18.2. The molecular formula is C43H39ClO15. The molecule has 15 nitrogen and oxygen atoms in total. The van der Waals surface area contributed by atoms with Crippen LogP contribution in [-0.2, 0) is 56.1 Å². The molecule has 308 valence electrons. The smallest absolute Gasteiger partial charge is 0.320 e. The number of hydrogen-bond donors (Lipinski definition) is 1. The molecule has 0 radical (unpaired) electrons. The number of aromatic hydroxyl groups is 1. The quantitative estimate of drug-likeness (QED) is 0.0733. The molecule has 59 heavy (non-hydrogen) atoms. The second-order valence-corrected chi connectivity index (χ2v) is 13.4. The second kappa shape index (κ2) is 19.2. The van der Waals surface area contributed by atoms with E-state index < -0.39 is 84.0 Å². The molecule has 1 aliphatic heterocycles. The molecule has 1 N–H and O–H groups in total. The molecule has 6 rings (SSSR count). The number of halogens is 1. The Balaban J connectivity index is 1.45. The van der Waals surface area contributed by atoms with Gasteiger partial charge < -0.3 is 47.4 Å². The van der Waals surface area contributed by atoms with E-state index in [1.165, 1.54) is 12.1 Å². The van der Waals surface area contributed by atoms with Gasteiger partial charge in [0.1, 0.15) is 60.0 Å². The highest BCUT2D eigenvalue weighted by atomic mass is 35.5. The van der Waals surface area contributed by atoms with Gasteiger partial charge in [-0.3, -0.25) is 24.0 Å². The van der Waals surface area contributed by atoms with Gasteiger partial charge in [-0.1, -0.05) is 48.5 Å². The summed E-state index contributed by atoms with van der Waals surface area (Å²) in [6, 6.07) is 27.9. The van der Waals surface area contributed by atoms with Crippen LogP contribution in [0.15, 0.2) is 106 Å². The number of phenols is 1. The number of phenolic OH excluding ortho intramolecular Hbond substituents is 1. The fraction of sp³-hybridized carbons (Fsp3) is 0.279. The van der Waals surface area contributed by atoms with Crippen LogP contribution < -0.4 is 19.6 Å². The average Bonchev–Trinajstić information content (AvgIpc) is 3.21. The van der Waals surface area contributed by atoms with Crippen LogP contribution >= 0.6 is 11.6 Å². The van der Waals surface area contributed by atoms with Crippen LogP contribution in [0, 0.1) is 0 Å². The lowest BCUT2D eigenvalue weighted by molar-refractivity contribution is -0.288. The number of esters is 4. The Bertz CT molecular complexity index is 2330. The van der Waals surface area contributed by atoms with E-state index in [9.17, 15) is 29.1 Å². The minimum Gasteiger partial charge on any atom is -0.507 e. The summed E-state index contributed by atoms with van der Waals surface area (Å²) in [7, 11) is 0. The molecule has 5 atom stereocenters. The van der Waals surface area contributed by atoms with Gasteiger partial charge >= 0.3 is 23.9 Å². The number of para-hydroxylation sites is 1. The van der Waals surface area contributed by atoms with Crippen LogP contribution in [0.2, 0.25) is 0 Å². The number of fused-ring (bicyclic) bond motifs is 1. The summed E-state index contributed by atoms with van der Waals surface area (Å²) in [5.41, 5.74) is 0.798. The molecule has 1 aromatic heterocycles. The van der Waals surface area contributed by atoms with Crippen molar-refractivity contribution in [2.24, 2.45) is 0 Å². The first-order valence-corrected chi connectivity index (χ1v) is 18.8. The third kappa shape index (κ3) is 10.7. The summed E-state index contributed by atoms with van der Waals surface area (Å²) >= 11 is 5.64. The van der Waals surface area contributed by atoms with Gasteiger partial charge in [-0.2, -0.15) is 0 Å². The lowest BCUT2D eigenvalue weighted by atomic mass is 9.98. The lowest BCUT2D eigenvalue weighted by Gasteiger charge is -2.43. The predicted octanol–water partition coefficient (Wildman–Crippen LogP) is 6.00. The van der Waals surface area contributed by atoms with Gasteiger partial charge in [0.25, 0.3) is 0 Å². The normalized spacial score (nSPS) is 18.6. The Hall–Kier alpha value is -6.58. The van der Waals surface area contributed by atoms with E-state index in [1.54, 1.807) is 48.5 Å². The molecule has 0 saturated carbocycles. The zero-order valence-electron chi connectivity index (χ0n) is 32.0. The summed E-state index contributed by atoms with van der Waals surface area (Å²) < 4.78 is 52.3. The maximum atomic E-state index is 14.6. The molecule has 2 heterocycles. The van der Waals surface area contributed by atoms with Crippen LogP contribution in [0.1, 0.15) is 31.9 Å². The molecule has 5 aromatic rings. The summed E-state index contributed by atoms with van der Waals surface area (Å²) in [4.78, 5) is 63.9. The molecule has 5 unspecified atom stereocenters. The molecular weight excluding hydrogens is 792 g/mol. The van der Waals surface area contributed by atoms with Crippen molar-refractivity contribution in [3.8, 4) is 34.3 Å². The van der Waals surface area contributed by atoms with E-state index in [2.05, 4.69) is 0 Å². The van der Waals surface area contributed by atoms with Gasteiger partial charge in [0, 0.05) is 26.3 Å². The van der Waals surface area contributed by atoms with E-state index in [1.807, 2.05) is 36.4 Å². The molecule has 0 spiro atoms. The monoisotopic (exact) mass is 830 g/mol. The Labute approximate surface area is 342 Å². The van der Waals surface area contributed by atoms with Crippen LogP contribution in [0.25, 0.3) is 22.3 Å². The third-order valence-corrected chi connectivity index (χ3v) is 8.97. The summed E-state index contributed by atoms with van der Waals surface area (Å²) in [6.45, 7) is 2.89. The van der Waals surface area contributed by atoms with Crippen molar-refractivity contribution < 1.29 is 66.6 Å². The molecule has 1 aliphatic rings. The highest BCUT2D eigenvalue weighted by molar-refractivity contribution is 6.26. The third-order valence-electron chi connectivity index (χ3n) is 8.76. The fourth-order valence-electron chi connectivity index (χ4n) is 6.26. The van der Waals surface area contributed by atoms with Gasteiger partial charge in [-0.05, 0) is 59.7 Å². The van der Waals surface area contributed by atoms with Crippen molar-refractivity contribution in [3.63, 3.8) is 0 Å². The van der Waals surface area contributed by atoms with E-state index in [-0.39, 0.29) is 29.9 Å². The van der Waals surface area contributed by atoms with Crippen molar-refractivity contribution in [2.45, 2.75) is 64.7 Å². The van der Waals surface area contributed by atoms with Crippen LogP contribution in [0.4, 0.5) is 0 Å². The van der Waals surface area contributed by atoms with Crippen molar-refractivity contribution in [1.29, 1.82) is 0 Å². The Morgan fingerprint density at radius 3 is 1.92 bits per heavy atom. The second-order valence-electron chi connectivity index (χ2n) is 13.2. The van der Waals surface area contributed by atoms with E-state index in [0.717, 1.165) is 26.3 Å². The zero-order chi connectivity index (χ0) is 42.1. The van der Waals surface area contributed by atoms with E-state index in [0.29, 0.717) is 22.6 Å². The van der Waals surface area contributed by atoms with Gasteiger partial charge in [0.2, 0.25) is 23.6 Å². The molecule has 1 saturated heterocycles. The number of ether oxygens (including phenoxy) is 8. The minimum atomic E-state index is -1.82. The first-order chi connectivity index (χ1) is 28.4. The van der Waals surface area contributed by atoms with E-state index >= 15 is 0 Å². The Morgan fingerprint density at radius 1 is 0.712 bits per heavy atom. The minimum absolute atomic E-state index is 0.00889. The molecule has 0 amide bonds. The number of carbonyl (C=O) groups excluding carboxylic acids is 4. The van der Waals surface area contributed by atoms with Crippen LogP contribution in [-0.4, -0.2) is 72.2 Å². The topological polar surface area (TPSA) is 193 Å². The first kappa shape index (κ1) is 42.0. The van der Waals surface area contributed by atoms with Gasteiger partial charge in [-0.15, -0.1) is 11.6 Å². The standard InChI is InChI=1S/C43H39ClO15/c1-24(45)54-39-34(23-53-35(49)20-44)58-43(42(56-26(3)47)41(39)55-25(2)46)59-40-37(50)36-32(48)18-28(22-52-30-12-8-5-9-13-30)19-33(36)57-38(40)29-14-16-31(17-15-29)51-21-27-10-6-4-7-11-27/h4-19,34,39,41-43,48H,20-23H2,1-3H3. The highest BCUT2D eigenvalue weighted by Gasteiger charge is 2.54. The van der Waals surface area contributed by atoms with Crippen molar-refractivity contribution in [3.05, 3.63) is 118 Å².